The summed E-state index contributed by atoms with van der Waals surface area (Å²) in [4.78, 5) is 0. The van der Waals surface area contributed by atoms with E-state index in [1.807, 2.05) is 0 Å². The third-order valence-corrected chi connectivity index (χ3v) is 11.1. The van der Waals surface area contributed by atoms with Crippen LogP contribution in [0.25, 0.3) is 76.7 Å². The number of fused-ring (bicyclic) bond motifs is 14. The van der Waals surface area contributed by atoms with Crippen molar-refractivity contribution in [2.45, 2.75) is 0 Å². The lowest BCUT2D eigenvalue weighted by molar-refractivity contribution is 0.468. The predicted molar refractivity (Wildman–Crippen MR) is 192 cm³/mol. The van der Waals surface area contributed by atoms with E-state index in [4.69, 9.17) is 9.47 Å². The number of para-hydroxylation sites is 4. The van der Waals surface area contributed by atoms with Crippen LogP contribution in [-0.4, -0.2) is 15.7 Å². The van der Waals surface area contributed by atoms with Gasteiger partial charge < -0.3 is 18.4 Å². The molecule has 47 heavy (non-hydrogen) atoms. The second-order valence-corrected chi connectivity index (χ2v) is 13.2. The highest BCUT2D eigenvalue weighted by Crippen LogP contribution is 2.47. The standard InChI is InChI=1S/C42H21BN2O2/c1-3-13-33-25(7-1)27-10-5-9-24-22-15-17-35-31(19-22)43-32-20-23(44(33)39(24)27)16-18-36(32)47-42-38(43)37(46-35)21-30-29-12-6-11-28-26-8-2-4-14-34(26)45(40(28)29)41(30)42/h1-21H. The summed E-state index contributed by atoms with van der Waals surface area (Å²) in [5.74, 6) is 3.57. The normalized spacial score (nSPS) is 13.8. The van der Waals surface area contributed by atoms with E-state index in [9.17, 15) is 0 Å². The van der Waals surface area contributed by atoms with Gasteiger partial charge in [-0.05, 0) is 59.0 Å². The van der Waals surface area contributed by atoms with Crippen LogP contribution in [0.15, 0.2) is 127 Å². The first kappa shape index (κ1) is 23.2. The van der Waals surface area contributed by atoms with Crippen molar-refractivity contribution in [3.05, 3.63) is 127 Å². The van der Waals surface area contributed by atoms with Crippen LogP contribution in [0.3, 0.4) is 0 Å². The Labute approximate surface area is 268 Å². The average Bonchev–Trinajstić information content (AvgIpc) is 3.76. The van der Waals surface area contributed by atoms with Crippen molar-refractivity contribution < 1.29 is 9.47 Å². The topological polar surface area (TPSA) is 27.8 Å². The van der Waals surface area contributed by atoms with Crippen molar-refractivity contribution in [3.8, 4) is 39.8 Å². The summed E-state index contributed by atoms with van der Waals surface area (Å²) in [6, 6.07) is 46.6. The first-order valence-electron chi connectivity index (χ1n) is 16.2. The largest absolute Gasteiger partial charge is 0.458 e. The van der Waals surface area contributed by atoms with Crippen LogP contribution in [0.1, 0.15) is 0 Å². The molecule has 5 heteroatoms. The number of benzene rings is 7. The van der Waals surface area contributed by atoms with E-state index in [-0.39, 0.29) is 6.71 Å². The summed E-state index contributed by atoms with van der Waals surface area (Å²) in [6.45, 7) is -0.0405. The summed E-state index contributed by atoms with van der Waals surface area (Å²) in [7, 11) is 0. The van der Waals surface area contributed by atoms with E-state index < -0.39 is 0 Å². The maximum atomic E-state index is 7.11. The molecule has 3 aliphatic rings. The maximum Gasteiger partial charge on any atom is 0.260 e. The Hall–Kier alpha value is -6.20. The van der Waals surface area contributed by atoms with Gasteiger partial charge in [-0.2, -0.15) is 0 Å². The van der Waals surface area contributed by atoms with Crippen molar-refractivity contribution in [3.63, 3.8) is 0 Å². The predicted octanol–water partition coefficient (Wildman–Crippen LogP) is 8.64. The smallest absolute Gasteiger partial charge is 0.260 e. The van der Waals surface area contributed by atoms with Crippen LogP contribution in [0.2, 0.25) is 0 Å². The lowest BCUT2D eigenvalue weighted by Crippen LogP contribution is -2.57. The quantitative estimate of drug-likeness (QED) is 0.164. The summed E-state index contributed by atoms with van der Waals surface area (Å²) < 4.78 is 18.8. The van der Waals surface area contributed by atoms with Gasteiger partial charge in [0.1, 0.15) is 17.2 Å². The molecule has 0 fully saturated rings. The molecule has 0 aliphatic carbocycles. The van der Waals surface area contributed by atoms with Gasteiger partial charge >= 0.3 is 0 Å². The summed E-state index contributed by atoms with van der Waals surface area (Å²) in [6.07, 6.45) is 0. The third-order valence-electron chi connectivity index (χ3n) is 11.1. The molecule has 7 aromatic carbocycles. The molecule has 0 N–H and O–H groups in total. The van der Waals surface area contributed by atoms with Crippen LogP contribution in [0.5, 0.6) is 23.0 Å². The molecule has 13 rings (SSSR count). The van der Waals surface area contributed by atoms with Gasteiger partial charge in [-0.15, -0.1) is 0 Å². The van der Waals surface area contributed by atoms with E-state index in [0.29, 0.717) is 0 Å². The summed E-state index contributed by atoms with van der Waals surface area (Å²) in [5, 5.41) is 7.40. The zero-order valence-electron chi connectivity index (χ0n) is 24.9. The van der Waals surface area contributed by atoms with E-state index in [1.165, 1.54) is 71.1 Å². The number of hydrogen-bond donors (Lipinski definition) is 0. The Morgan fingerprint density at radius 3 is 2.04 bits per heavy atom. The molecule has 3 aromatic heterocycles. The van der Waals surface area contributed by atoms with Crippen molar-refractivity contribution in [2.24, 2.45) is 0 Å². The Balaban J connectivity index is 1.22. The Kier molecular flexibility index (Phi) is 3.75. The van der Waals surface area contributed by atoms with Gasteiger partial charge in [-0.1, -0.05) is 84.9 Å². The van der Waals surface area contributed by atoms with Crippen molar-refractivity contribution >= 4 is 83.0 Å². The van der Waals surface area contributed by atoms with Gasteiger partial charge in [0, 0.05) is 49.0 Å². The number of nitrogens with zero attached hydrogens (tertiary/aromatic N) is 2. The summed E-state index contributed by atoms with van der Waals surface area (Å²) in [5.41, 5.74) is 13.0. The Morgan fingerprint density at radius 2 is 1.15 bits per heavy atom. The molecule has 0 spiro atoms. The molecule has 3 aliphatic heterocycles. The minimum absolute atomic E-state index is 0.0405. The zero-order chi connectivity index (χ0) is 30.1. The molecule has 0 saturated heterocycles. The third kappa shape index (κ3) is 2.54. The highest BCUT2D eigenvalue weighted by Gasteiger charge is 2.43. The second-order valence-electron chi connectivity index (χ2n) is 13.2. The fourth-order valence-electron chi connectivity index (χ4n) is 9.25. The molecule has 0 unspecified atom stereocenters. The molecule has 6 heterocycles. The molecular weight excluding hydrogens is 575 g/mol. The van der Waals surface area contributed by atoms with E-state index >= 15 is 0 Å². The molecule has 4 bridgehead atoms. The molecule has 0 radical (unpaired) electrons. The van der Waals surface area contributed by atoms with Crippen molar-refractivity contribution in [2.75, 3.05) is 0 Å². The van der Waals surface area contributed by atoms with Gasteiger partial charge in [-0.25, -0.2) is 0 Å². The first-order valence-corrected chi connectivity index (χ1v) is 16.2. The van der Waals surface area contributed by atoms with Gasteiger partial charge in [-0.3, -0.25) is 0 Å². The lowest BCUT2D eigenvalue weighted by atomic mass is 9.34. The Bertz CT molecular complexity index is 3090. The Morgan fingerprint density at radius 1 is 0.468 bits per heavy atom. The fraction of sp³-hybridized carbons (Fsp3) is 0. The SMILES string of the molecule is c1ccc2c(c1)c1cccc3c1n2-c1ccc2c(c1)B1c4cc-3ccc4Oc3cc4c5cccc6c7ccccc7n(c4c(c31)O2)c65. The molecular formula is C42H21BN2O2. The van der Waals surface area contributed by atoms with Crippen molar-refractivity contribution in [1.82, 2.24) is 8.97 Å². The number of aromatic nitrogens is 2. The van der Waals surface area contributed by atoms with E-state index in [1.54, 1.807) is 0 Å². The van der Waals surface area contributed by atoms with Crippen LogP contribution in [0, 0.1) is 0 Å². The average molecular weight is 596 g/mol. The number of ether oxygens (including phenoxy) is 2. The van der Waals surface area contributed by atoms with Gasteiger partial charge in [0.15, 0.2) is 5.75 Å². The van der Waals surface area contributed by atoms with Crippen molar-refractivity contribution in [1.29, 1.82) is 0 Å². The highest BCUT2D eigenvalue weighted by molar-refractivity contribution is 6.98. The molecule has 10 aromatic rings. The van der Waals surface area contributed by atoms with E-state index in [0.717, 1.165) is 45.1 Å². The lowest BCUT2D eigenvalue weighted by Gasteiger charge is -2.34. The number of hydrogen-bond acceptors (Lipinski definition) is 2. The molecule has 0 saturated carbocycles. The molecule has 0 amide bonds. The van der Waals surface area contributed by atoms with Gasteiger partial charge in [0.05, 0.1) is 27.6 Å². The molecule has 4 nitrogen and oxygen atoms in total. The van der Waals surface area contributed by atoms with Crippen LogP contribution in [0.4, 0.5) is 0 Å². The first-order chi connectivity index (χ1) is 23.3. The highest BCUT2D eigenvalue weighted by atomic mass is 16.5. The van der Waals surface area contributed by atoms with Gasteiger partial charge in [0.25, 0.3) is 6.71 Å². The maximum absolute atomic E-state index is 7.11. The fourth-order valence-corrected chi connectivity index (χ4v) is 9.25. The second kappa shape index (κ2) is 7.60. The van der Waals surface area contributed by atoms with Crippen LogP contribution in [-0.2, 0) is 0 Å². The zero-order valence-corrected chi connectivity index (χ0v) is 24.9. The number of rotatable bonds is 0. The van der Waals surface area contributed by atoms with E-state index in [2.05, 4.69) is 136 Å². The minimum Gasteiger partial charge on any atom is -0.458 e. The molecule has 0 atom stereocenters. The van der Waals surface area contributed by atoms with Crippen LogP contribution >= 0.6 is 0 Å². The summed E-state index contributed by atoms with van der Waals surface area (Å²) >= 11 is 0. The minimum atomic E-state index is -0.0405. The van der Waals surface area contributed by atoms with Gasteiger partial charge in [0.2, 0.25) is 0 Å². The van der Waals surface area contributed by atoms with Crippen LogP contribution < -0.4 is 25.9 Å². The monoisotopic (exact) mass is 596 g/mol. The molecule has 214 valence electrons.